The number of hydrogen-bond donors (Lipinski definition) is 2. The van der Waals surface area contributed by atoms with Crippen molar-refractivity contribution in [3.8, 4) is 0 Å². The summed E-state index contributed by atoms with van der Waals surface area (Å²) in [4.78, 5) is 11.4. The molecule has 3 unspecified atom stereocenters. The molecule has 2 aliphatic carbocycles. The highest BCUT2D eigenvalue weighted by Crippen LogP contribution is 2.38. The third-order valence-corrected chi connectivity index (χ3v) is 3.19. The van der Waals surface area contributed by atoms with Crippen molar-refractivity contribution in [1.29, 1.82) is 0 Å². The first kappa shape index (κ1) is 10.5. The van der Waals surface area contributed by atoms with Gasteiger partial charge in [-0.1, -0.05) is 12.2 Å². The summed E-state index contributed by atoms with van der Waals surface area (Å²) in [5.74, 6) is 1.25. The smallest absolute Gasteiger partial charge is 0.315 e. The minimum absolute atomic E-state index is 0.0713. The minimum Gasteiger partial charge on any atom is -0.383 e. The van der Waals surface area contributed by atoms with E-state index in [1.54, 1.807) is 7.11 Å². The van der Waals surface area contributed by atoms with E-state index in [-0.39, 0.29) is 6.03 Å². The number of hydrogen-bond acceptors (Lipinski definition) is 2. The lowest BCUT2D eigenvalue weighted by atomic mass is 10.0. The number of amides is 2. The van der Waals surface area contributed by atoms with Crippen molar-refractivity contribution in [1.82, 2.24) is 10.6 Å². The molecule has 1 saturated carbocycles. The van der Waals surface area contributed by atoms with Crippen LogP contribution in [0.25, 0.3) is 0 Å². The van der Waals surface area contributed by atoms with Crippen LogP contribution in [0, 0.1) is 11.8 Å². The third kappa shape index (κ3) is 2.50. The van der Waals surface area contributed by atoms with E-state index in [0.717, 1.165) is 6.42 Å². The summed E-state index contributed by atoms with van der Waals surface area (Å²) in [6, 6.07) is 0.264. The fourth-order valence-electron chi connectivity index (χ4n) is 2.43. The standard InChI is InChI=1S/C11H18N2O2/c1-15-5-4-12-11(14)13-10-7-8-2-3-9(10)6-8/h2-3,8-10H,4-7H2,1H3,(H2,12,13,14). The topological polar surface area (TPSA) is 50.4 Å². The molecular weight excluding hydrogens is 192 g/mol. The van der Waals surface area contributed by atoms with Gasteiger partial charge in [-0.25, -0.2) is 4.79 Å². The van der Waals surface area contributed by atoms with Crippen molar-refractivity contribution in [3.05, 3.63) is 12.2 Å². The molecule has 0 aromatic rings. The van der Waals surface area contributed by atoms with Gasteiger partial charge in [-0.2, -0.15) is 0 Å². The van der Waals surface area contributed by atoms with E-state index in [9.17, 15) is 4.79 Å². The summed E-state index contributed by atoms with van der Waals surface area (Å²) in [6.07, 6.45) is 6.81. The van der Waals surface area contributed by atoms with Gasteiger partial charge in [-0.3, -0.25) is 0 Å². The average molecular weight is 210 g/mol. The van der Waals surface area contributed by atoms with Crippen molar-refractivity contribution in [2.75, 3.05) is 20.3 Å². The van der Waals surface area contributed by atoms with Crippen molar-refractivity contribution >= 4 is 6.03 Å². The van der Waals surface area contributed by atoms with Crippen molar-refractivity contribution in [3.63, 3.8) is 0 Å². The Morgan fingerprint density at radius 2 is 2.33 bits per heavy atom. The molecule has 0 aliphatic heterocycles. The zero-order chi connectivity index (χ0) is 10.7. The SMILES string of the molecule is COCCNC(=O)NC1CC2C=CC1C2. The molecule has 1 fully saturated rings. The Hall–Kier alpha value is -1.03. The molecule has 2 N–H and O–H groups in total. The fourth-order valence-corrected chi connectivity index (χ4v) is 2.43. The van der Waals surface area contributed by atoms with Gasteiger partial charge in [-0.05, 0) is 24.7 Å². The van der Waals surface area contributed by atoms with E-state index in [0.29, 0.717) is 31.0 Å². The van der Waals surface area contributed by atoms with Gasteiger partial charge >= 0.3 is 6.03 Å². The van der Waals surface area contributed by atoms with Gasteiger partial charge < -0.3 is 15.4 Å². The molecule has 2 rings (SSSR count). The van der Waals surface area contributed by atoms with E-state index in [4.69, 9.17) is 4.74 Å². The molecule has 3 atom stereocenters. The van der Waals surface area contributed by atoms with E-state index in [1.165, 1.54) is 6.42 Å². The number of carbonyl (C=O) groups is 1. The first-order valence-electron chi connectivity index (χ1n) is 5.51. The lowest BCUT2D eigenvalue weighted by Crippen LogP contribution is -2.44. The first-order valence-corrected chi connectivity index (χ1v) is 5.51. The van der Waals surface area contributed by atoms with Gasteiger partial charge in [0.15, 0.2) is 0 Å². The minimum atomic E-state index is -0.0713. The molecule has 0 saturated heterocycles. The van der Waals surface area contributed by atoms with Gasteiger partial charge in [0.25, 0.3) is 0 Å². The summed E-state index contributed by atoms with van der Waals surface area (Å²) in [6.45, 7) is 1.13. The van der Waals surface area contributed by atoms with Crippen LogP contribution in [-0.4, -0.2) is 32.3 Å². The predicted octanol–water partition coefficient (Wildman–Crippen LogP) is 0.897. The van der Waals surface area contributed by atoms with Crippen LogP contribution in [-0.2, 0) is 4.74 Å². The van der Waals surface area contributed by atoms with Crippen LogP contribution in [0.15, 0.2) is 12.2 Å². The Morgan fingerprint density at radius 1 is 1.47 bits per heavy atom. The second kappa shape index (κ2) is 4.66. The molecule has 2 amide bonds. The summed E-state index contributed by atoms with van der Waals surface area (Å²) in [7, 11) is 1.63. The third-order valence-electron chi connectivity index (χ3n) is 3.19. The lowest BCUT2D eigenvalue weighted by Gasteiger charge is -2.19. The van der Waals surface area contributed by atoms with Crippen LogP contribution in [0.2, 0.25) is 0 Å². The van der Waals surface area contributed by atoms with Crippen LogP contribution in [0.1, 0.15) is 12.8 Å². The molecule has 0 aromatic carbocycles. The Morgan fingerprint density at radius 3 is 2.93 bits per heavy atom. The maximum absolute atomic E-state index is 11.4. The van der Waals surface area contributed by atoms with E-state index < -0.39 is 0 Å². The number of methoxy groups -OCH3 is 1. The zero-order valence-electron chi connectivity index (χ0n) is 9.03. The van der Waals surface area contributed by atoms with E-state index in [1.807, 2.05) is 0 Å². The van der Waals surface area contributed by atoms with Gasteiger partial charge in [0.2, 0.25) is 0 Å². The lowest BCUT2D eigenvalue weighted by molar-refractivity contribution is 0.194. The van der Waals surface area contributed by atoms with Crippen LogP contribution in [0.3, 0.4) is 0 Å². The maximum Gasteiger partial charge on any atom is 0.315 e. The molecule has 84 valence electrons. The monoisotopic (exact) mass is 210 g/mol. The maximum atomic E-state index is 11.4. The Balaban J connectivity index is 1.69. The highest BCUT2D eigenvalue weighted by Gasteiger charge is 2.36. The predicted molar refractivity (Wildman–Crippen MR) is 57.6 cm³/mol. The highest BCUT2D eigenvalue weighted by molar-refractivity contribution is 5.74. The normalized spacial score (nSPS) is 31.9. The van der Waals surface area contributed by atoms with Gasteiger partial charge in [0.1, 0.15) is 0 Å². The molecule has 0 aromatic heterocycles. The number of ether oxygens (including phenoxy) is 1. The van der Waals surface area contributed by atoms with E-state index in [2.05, 4.69) is 22.8 Å². The second-order valence-corrected chi connectivity index (χ2v) is 4.28. The molecule has 2 aliphatic rings. The van der Waals surface area contributed by atoms with Crippen molar-refractivity contribution < 1.29 is 9.53 Å². The van der Waals surface area contributed by atoms with Crippen LogP contribution in [0.5, 0.6) is 0 Å². The van der Waals surface area contributed by atoms with Gasteiger partial charge in [0.05, 0.1) is 6.61 Å². The van der Waals surface area contributed by atoms with Crippen molar-refractivity contribution in [2.24, 2.45) is 11.8 Å². The Kier molecular flexibility index (Phi) is 3.26. The summed E-state index contributed by atoms with van der Waals surface area (Å²) in [5.41, 5.74) is 0. The van der Waals surface area contributed by atoms with Crippen LogP contribution >= 0.6 is 0 Å². The molecule has 0 heterocycles. The highest BCUT2D eigenvalue weighted by atomic mass is 16.5. The molecule has 15 heavy (non-hydrogen) atoms. The quantitative estimate of drug-likeness (QED) is 0.535. The van der Waals surface area contributed by atoms with Crippen LogP contribution in [0.4, 0.5) is 4.79 Å². The summed E-state index contributed by atoms with van der Waals surface area (Å²) >= 11 is 0. The number of rotatable bonds is 4. The fraction of sp³-hybridized carbons (Fsp3) is 0.727. The zero-order valence-corrected chi connectivity index (χ0v) is 9.03. The molecule has 4 nitrogen and oxygen atoms in total. The number of fused-ring (bicyclic) bond motifs is 2. The number of carbonyl (C=O) groups excluding carboxylic acids is 1. The van der Waals surface area contributed by atoms with Gasteiger partial charge in [-0.15, -0.1) is 0 Å². The van der Waals surface area contributed by atoms with Gasteiger partial charge in [0, 0.05) is 19.7 Å². The molecule has 0 spiro atoms. The number of allylic oxidation sites excluding steroid dienone is 1. The molecule has 2 bridgehead atoms. The molecule has 4 heteroatoms. The van der Waals surface area contributed by atoms with Crippen molar-refractivity contribution in [2.45, 2.75) is 18.9 Å². The Bertz CT molecular complexity index is 265. The second-order valence-electron chi connectivity index (χ2n) is 4.28. The molecule has 0 radical (unpaired) electrons. The Labute approximate surface area is 90.1 Å². The van der Waals surface area contributed by atoms with Crippen LogP contribution < -0.4 is 10.6 Å². The summed E-state index contributed by atoms with van der Waals surface area (Å²) in [5, 5.41) is 5.78. The largest absolute Gasteiger partial charge is 0.383 e. The summed E-state index contributed by atoms with van der Waals surface area (Å²) < 4.78 is 4.86. The average Bonchev–Trinajstić information content (AvgIpc) is 2.79. The number of urea groups is 1. The van der Waals surface area contributed by atoms with E-state index >= 15 is 0 Å². The first-order chi connectivity index (χ1) is 7.29. The molecular formula is C11H18N2O2. The number of nitrogens with one attached hydrogen (secondary N) is 2.